The highest BCUT2D eigenvalue weighted by molar-refractivity contribution is 7.80. The van der Waals surface area contributed by atoms with Crippen LogP contribution in [0.5, 0.6) is 0 Å². The van der Waals surface area contributed by atoms with Crippen molar-refractivity contribution in [2.45, 2.75) is 45.8 Å². The monoisotopic (exact) mass is 466 g/mol. The first-order valence-corrected chi connectivity index (χ1v) is 12.3. The fraction of sp³-hybridized carbons (Fsp3) is 0.241. The number of hydrogen-bond donors (Lipinski definition) is 1. The Bertz CT molecular complexity index is 1300. The molecule has 0 spiro atoms. The lowest BCUT2D eigenvalue weighted by Crippen LogP contribution is -2.29. The first-order valence-electron chi connectivity index (χ1n) is 11.9. The quantitative estimate of drug-likeness (QED) is 0.342. The Balaban J connectivity index is 1.64. The lowest BCUT2D eigenvalue weighted by molar-refractivity contribution is 0.310. The Morgan fingerprint density at radius 1 is 0.941 bits per heavy atom. The van der Waals surface area contributed by atoms with Gasteiger partial charge in [-0.05, 0) is 73.4 Å². The number of pyridine rings is 1. The van der Waals surface area contributed by atoms with E-state index in [2.05, 4.69) is 102 Å². The van der Waals surface area contributed by atoms with E-state index >= 15 is 0 Å². The summed E-state index contributed by atoms with van der Waals surface area (Å²) in [6, 6.07) is 27.7. The second-order valence-electron chi connectivity index (χ2n) is 8.88. The van der Waals surface area contributed by atoms with Gasteiger partial charge in [0.1, 0.15) is 0 Å². The summed E-state index contributed by atoms with van der Waals surface area (Å²) in [6.45, 7) is 7.38. The molecule has 0 amide bonds. The third-order valence-corrected chi connectivity index (χ3v) is 7.15. The van der Waals surface area contributed by atoms with Crippen molar-refractivity contribution >= 4 is 17.3 Å². The van der Waals surface area contributed by atoms with Gasteiger partial charge in [-0.2, -0.15) is 0 Å². The van der Waals surface area contributed by atoms with Crippen LogP contribution in [0.15, 0.2) is 85.1 Å². The van der Waals surface area contributed by atoms with Gasteiger partial charge >= 0.3 is 0 Å². The smallest absolute Gasteiger partial charge is 0.170 e. The summed E-state index contributed by atoms with van der Waals surface area (Å²) in [5.41, 5.74) is 8.59. The molecular weight excluding hydrogens is 436 g/mol. The van der Waals surface area contributed by atoms with Crippen LogP contribution in [0.4, 0.5) is 0 Å². The van der Waals surface area contributed by atoms with Crippen LogP contribution >= 0.6 is 12.2 Å². The van der Waals surface area contributed by atoms with Gasteiger partial charge in [-0.1, -0.05) is 61.5 Å². The van der Waals surface area contributed by atoms with Crippen molar-refractivity contribution in [2.24, 2.45) is 0 Å². The van der Waals surface area contributed by atoms with Crippen molar-refractivity contribution in [1.29, 1.82) is 0 Å². The van der Waals surface area contributed by atoms with Crippen molar-refractivity contribution in [3.63, 3.8) is 0 Å². The molecule has 0 saturated carbocycles. The minimum Gasteiger partial charge on any atom is -0.352 e. The second kappa shape index (κ2) is 9.43. The first kappa shape index (κ1) is 22.4. The largest absolute Gasteiger partial charge is 0.352 e. The van der Waals surface area contributed by atoms with E-state index in [9.17, 15) is 0 Å². The van der Waals surface area contributed by atoms with Gasteiger partial charge < -0.3 is 14.8 Å². The lowest BCUT2D eigenvalue weighted by Gasteiger charge is -2.28. The minimum absolute atomic E-state index is 0.0206. The zero-order valence-corrected chi connectivity index (χ0v) is 20.7. The third kappa shape index (κ3) is 4.01. The Morgan fingerprint density at radius 2 is 1.68 bits per heavy atom. The topological polar surface area (TPSA) is 33.1 Å². The molecule has 5 heteroatoms. The van der Waals surface area contributed by atoms with Gasteiger partial charge in [0.15, 0.2) is 5.11 Å². The molecule has 0 aliphatic carbocycles. The lowest BCUT2D eigenvalue weighted by atomic mass is 9.96. The van der Waals surface area contributed by atoms with E-state index < -0.39 is 0 Å². The summed E-state index contributed by atoms with van der Waals surface area (Å²) in [7, 11) is 0. The molecule has 0 unspecified atom stereocenters. The van der Waals surface area contributed by atoms with E-state index in [0.717, 1.165) is 23.8 Å². The molecule has 172 valence electrons. The number of rotatable bonds is 6. The molecule has 4 aromatic rings. The highest BCUT2D eigenvalue weighted by Crippen LogP contribution is 2.42. The van der Waals surface area contributed by atoms with E-state index in [1.54, 1.807) is 0 Å². The van der Waals surface area contributed by atoms with Crippen LogP contribution in [0.25, 0.3) is 5.69 Å². The number of nitrogens with zero attached hydrogens (tertiary/aromatic N) is 3. The van der Waals surface area contributed by atoms with E-state index in [1.807, 2.05) is 18.3 Å². The van der Waals surface area contributed by atoms with Crippen LogP contribution in [-0.2, 0) is 13.0 Å². The average Bonchev–Trinajstić information content (AvgIpc) is 3.35. The molecule has 2 aromatic carbocycles. The fourth-order valence-corrected chi connectivity index (χ4v) is 5.49. The predicted molar refractivity (Wildman–Crippen MR) is 142 cm³/mol. The summed E-state index contributed by atoms with van der Waals surface area (Å²) >= 11 is 5.89. The number of aryl methyl sites for hydroxylation is 2. The number of hydrogen-bond acceptors (Lipinski definition) is 2. The van der Waals surface area contributed by atoms with Gasteiger partial charge in [-0.3, -0.25) is 4.98 Å². The number of benzene rings is 2. The highest BCUT2D eigenvalue weighted by atomic mass is 32.1. The highest BCUT2D eigenvalue weighted by Gasteiger charge is 2.41. The Hall–Kier alpha value is -3.44. The van der Waals surface area contributed by atoms with Crippen molar-refractivity contribution < 1.29 is 0 Å². The normalized spacial score (nSPS) is 17.7. The average molecular weight is 467 g/mol. The molecule has 0 radical (unpaired) electrons. The number of para-hydroxylation sites is 1. The molecule has 0 bridgehead atoms. The third-order valence-electron chi connectivity index (χ3n) is 6.80. The van der Waals surface area contributed by atoms with Crippen LogP contribution in [0.1, 0.15) is 52.8 Å². The van der Waals surface area contributed by atoms with Crippen molar-refractivity contribution in [3.05, 3.63) is 119 Å². The molecule has 34 heavy (non-hydrogen) atoms. The maximum Gasteiger partial charge on any atom is 0.170 e. The Kier molecular flexibility index (Phi) is 6.20. The summed E-state index contributed by atoms with van der Waals surface area (Å²) in [6.07, 6.45) is 2.85. The first-order chi connectivity index (χ1) is 16.6. The molecule has 3 heterocycles. The van der Waals surface area contributed by atoms with Crippen molar-refractivity contribution in [3.8, 4) is 5.69 Å². The Labute approximate surface area is 207 Å². The maximum atomic E-state index is 5.89. The van der Waals surface area contributed by atoms with Gasteiger partial charge in [-0.25, -0.2) is 0 Å². The van der Waals surface area contributed by atoms with Crippen molar-refractivity contribution in [1.82, 2.24) is 19.8 Å². The second-order valence-corrected chi connectivity index (χ2v) is 9.27. The minimum atomic E-state index is -0.0206. The number of aromatic nitrogens is 2. The van der Waals surface area contributed by atoms with Crippen LogP contribution in [0.2, 0.25) is 0 Å². The number of nitrogens with one attached hydrogen (secondary N) is 1. The molecule has 1 saturated heterocycles. The standard InChI is InChI=1S/C29H30N4S/c1-4-23-14-8-9-16-26(23)33-20(2)18-24(21(33)3)28-27(25-15-10-11-17-30-25)31-29(34)32(28)19-22-12-6-5-7-13-22/h5-18,27-28H,4,19H2,1-3H3,(H,31,34)/t27-,28+/m0/s1. The molecular formula is C29H30N4S. The van der Waals surface area contributed by atoms with Gasteiger partial charge in [0.25, 0.3) is 0 Å². The fourth-order valence-electron chi connectivity index (χ4n) is 5.18. The van der Waals surface area contributed by atoms with Crippen LogP contribution < -0.4 is 5.32 Å². The summed E-state index contributed by atoms with van der Waals surface area (Å²) in [5.74, 6) is 0. The molecule has 4 nitrogen and oxygen atoms in total. The van der Waals surface area contributed by atoms with Gasteiger partial charge in [0.05, 0.1) is 17.8 Å². The molecule has 5 rings (SSSR count). The van der Waals surface area contributed by atoms with E-state index in [1.165, 1.54) is 33.8 Å². The van der Waals surface area contributed by atoms with E-state index in [-0.39, 0.29) is 12.1 Å². The van der Waals surface area contributed by atoms with Gasteiger partial charge in [-0.15, -0.1) is 0 Å². The zero-order valence-electron chi connectivity index (χ0n) is 19.9. The van der Waals surface area contributed by atoms with Gasteiger partial charge in [0, 0.05) is 29.8 Å². The van der Waals surface area contributed by atoms with Crippen LogP contribution in [-0.4, -0.2) is 19.6 Å². The number of thiocarbonyl (C=S) groups is 1. The molecule has 2 atom stereocenters. The van der Waals surface area contributed by atoms with Crippen LogP contribution in [0.3, 0.4) is 0 Å². The molecule has 1 aliphatic heterocycles. The SMILES string of the molecule is CCc1ccccc1-n1c(C)cc([C@@H]2[C@H](c3ccccn3)NC(=S)N2Cc2ccccc2)c1C. The van der Waals surface area contributed by atoms with E-state index in [0.29, 0.717) is 0 Å². The van der Waals surface area contributed by atoms with Crippen LogP contribution in [0, 0.1) is 13.8 Å². The van der Waals surface area contributed by atoms with Gasteiger partial charge in [0.2, 0.25) is 0 Å². The summed E-state index contributed by atoms with van der Waals surface area (Å²) < 4.78 is 2.39. The van der Waals surface area contributed by atoms with Crippen molar-refractivity contribution in [2.75, 3.05) is 0 Å². The Morgan fingerprint density at radius 3 is 2.41 bits per heavy atom. The maximum absolute atomic E-state index is 5.89. The molecule has 1 aliphatic rings. The zero-order chi connectivity index (χ0) is 23.7. The predicted octanol–water partition coefficient (Wildman–Crippen LogP) is 6.22. The summed E-state index contributed by atoms with van der Waals surface area (Å²) in [5, 5.41) is 4.36. The molecule has 2 aromatic heterocycles. The molecule has 1 N–H and O–H groups in total. The summed E-state index contributed by atoms with van der Waals surface area (Å²) in [4.78, 5) is 7.02. The molecule has 1 fully saturated rings. The van der Waals surface area contributed by atoms with E-state index in [4.69, 9.17) is 17.2 Å².